The molecule has 0 bridgehead atoms. The van der Waals surface area contributed by atoms with Crippen LogP contribution < -0.4 is 10.5 Å². The number of hydrogen-bond donors (Lipinski definition) is 2. The van der Waals surface area contributed by atoms with Crippen LogP contribution in [-0.4, -0.2) is 54.3 Å². The van der Waals surface area contributed by atoms with Crippen molar-refractivity contribution in [1.29, 1.82) is 0 Å². The molecule has 5 heterocycles. The molecule has 9 nitrogen and oxygen atoms in total. The molecule has 180 valence electrons. The van der Waals surface area contributed by atoms with Crippen molar-refractivity contribution in [2.24, 2.45) is 5.92 Å². The van der Waals surface area contributed by atoms with E-state index in [1.807, 2.05) is 10.7 Å². The molecule has 1 unspecified atom stereocenters. The van der Waals surface area contributed by atoms with E-state index in [4.69, 9.17) is 5.73 Å². The highest BCUT2D eigenvalue weighted by Crippen LogP contribution is 2.49. The van der Waals surface area contributed by atoms with Crippen molar-refractivity contribution < 1.29 is 17.9 Å². The van der Waals surface area contributed by atoms with Gasteiger partial charge in [0, 0.05) is 36.0 Å². The van der Waals surface area contributed by atoms with E-state index < -0.39 is 12.1 Å². The normalized spacial score (nSPS) is 23.9. The Hall–Kier alpha value is -3.15. The molecule has 1 saturated heterocycles. The predicted molar refractivity (Wildman–Crippen MR) is 116 cm³/mol. The third-order valence-electron chi connectivity index (χ3n) is 7.62. The smallest absolute Gasteiger partial charge is 0.402 e. The number of aryl methyl sites for hydroxylation is 1. The molecule has 6 rings (SSSR count). The third kappa shape index (κ3) is 3.60. The number of ether oxygens (including phenoxy) is 1. The van der Waals surface area contributed by atoms with Crippen molar-refractivity contribution in [2.45, 2.75) is 56.5 Å². The Kier molecular flexibility index (Phi) is 4.84. The van der Waals surface area contributed by atoms with Crippen LogP contribution in [-0.2, 0) is 12.0 Å². The summed E-state index contributed by atoms with van der Waals surface area (Å²) in [5, 5.41) is 11.8. The molecule has 0 aromatic carbocycles. The second-order valence-electron chi connectivity index (χ2n) is 9.55. The summed E-state index contributed by atoms with van der Waals surface area (Å²) in [7, 11) is 0. The number of anilines is 1. The number of nitrogens with one attached hydrogen (secondary N) is 1. The molecule has 2 fully saturated rings. The average molecular weight is 474 g/mol. The van der Waals surface area contributed by atoms with Crippen molar-refractivity contribution in [1.82, 2.24) is 34.8 Å². The van der Waals surface area contributed by atoms with E-state index in [0.29, 0.717) is 17.2 Å². The number of fused-ring (bicyclic) bond motifs is 2. The van der Waals surface area contributed by atoms with Gasteiger partial charge in [-0.15, -0.1) is 13.2 Å². The van der Waals surface area contributed by atoms with Gasteiger partial charge in [-0.25, -0.2) is 9.97 Å². The molecule has 3 aliphatic rings. The molecule has 0 radical (unpaired) electrons. The number of aromatic amines is 1. The van der Waals surface area contributed by atoms with E-state index in [1.54, 1.807) is 6.33 Å². The van der Waals surface area contributed by atoms with E-state index in [2.05, 4.69) is 34.9 Å². The third-order valence-corrected chi connectivity index (χ3v) is 7.62. The summed E-state index contributed by atoms with van der Waals surface area (Å²) >= 11 is 0. The van der Waals surface area contributed by atoms with Gasteiger partial charge in [-0.3, -0.25) is 14.7 Å². The van der Waals surface area contributed by atoms with Gasteiger partial charge in [-0.1, -0.05) is 6.42 Å². The van der Waals surface area contributed by atoms with Gasteiger partial charge in [-0.05, 0) is 50.3 Å². The number of nitrogens with zero attached hydrogens (tertiary/aromatic N) is 6. The number of nitrogen functional groups attached to an aromatic ring is 1. The Bertz CT molecular complexity index is 1190. The Morgan fingerprint density at radius 3 is 2.71 bits per heavy atom. The van der Waals surface area contributed by atoms with Gasteiger partial charge in [0.25, 0.3) is 0 Å². The van der Waals surface area contributed by atoms with Crippen molar-refractivity contribution in [2.75, 3.05) is 18.8 Å². The zero-order valence-electron chi connectivity index (χ0n) is 18.4. The number of alkyl halides is 3. The highest BCUT2D eigenvalue weighted by atomic mass is 19.4. The highest BCUT2D eigenvalue weighted by molar-refractivity contribution is 5.64. The van der Waals surface area contributed by atoms with Crippen LogP contribution in [0.4, 0.5) is 19.0 Å². The lowest BCUT2D eigenvalue weighted by Crippen LogP contribution is -2.38. The quantitative estimate of drug-likeness (QED) is 0.583. The number of hydrogen-bond acceptors (Lipinski definition) is 7. The SMILES string of the molecule is Nc1ncc(-c2cc3n(n2)CC[C@@]32CCN(C(c3ncn[nH]3)C3CCC3)C2)cc1OC(F)(F)F. The first-order chi connectivity index (χ1) is 16.3. The van der Waals surface area contributed by atoms with Crippen molar-refractivity contribution in [3.63, 3.8) is 0 Å². The number of H-pyrrole nitrogens is 1. The molecule has 3 aromatic heterocycles. The second kappa shape index (κ2) is 7.69. The zero-order valence-corrected chi connectivity index (χ0v) is 18.4. The van der Waals surface area contributed by atoms with Crippen LogP contribution in [0.1, 0.15) is 49.7 Å². The maximum Gasteiger partial charge on any atom is 0.573 e. The molecule has 1 saturated carbocycles. The van der Waals surface area contributed by atoms with Gasteiger partial charge in [0.05, 0.1) is 11.7 Å². The van der Waals surface area contributed by atoms with E-state index in [1.165, 1.54) is 31.5 Å². The summed E-state index contributed by atoms with van der Waals surface area (Å²) in [5.41, 5.74) is 7.67. The van der Waals surface area contributed by atoms with Gasteiger partial charge in [0.1, 0.15) is 12.2 Å². The molecular weight excluding hydrogens is 449 g/mol. The summed E-state index contributed by atoms with van der Waals surface area (Å²) in [6, 6.07) is 3.46. The minimum Gasteiger partial charge on any atom is -0.402 e. The minimum absolute atomic E-state index is 0.0419. The average Bonchev–Trinajstić information content (AvgIpc) is 3.52. The Morgan fingerprint density at radius 2 is 2.00 bits per heavy atom. The molecule has 2 aliphatic heterocycles. The van der Waals surface area contributed by atoms with Gasteiger partial charge in [0.15, 0.2) is 11.6 Å². The van der Waals surface area contributed by atoms with Crippen LogP contribution in [0, 0.1) is 5.92 Å². The van der Waals surface area contributed by atoms with Gasteiger partial charge in [0.2, 0.25) is 0 Å². The Labute approximate surface area is 193 Å². The summed E-state index contributed by atoms with van der Waals surface area (Å²) < 4.78 is 44.2. The van der Waals surface area contributed by atoms with Gasteiger partial charge < -0.3 is 10.5 Å². The summed E-state index contributed by atoms with van der Waals surface area (Å²) in [5.74, 6) is 0.678. The van der Waals surface area contributed by atoms with Crippen molar-refractivity contribution in [3.8, 4) is 17.0 Å². The van der Waals surface area contributed by atoms with Crippen LogP contribution in [0.3, 0.4) is 0 Å². The van der Waals surface area contributed by atoms with Crippen molar-refractivity contribution >= 4 is 5.82 Å². The molecule has 12 heteroatoms. The largest absolute Gasteiger partial charge is 0.573 e. The monoisotopic (exact) mass is 474 g/mol. The summed E-state index contributed by atoms with van der Waals surface area (Å²) in [4.78, 5) is 10.9. The van der Waals surface area contributed by atoms with E-state index in [-0.39, 0.29) is 17.3 Å². The van der Waals surface area contributed by atoms with E-state index >= 15 is 0 Å². The number of likely N-dealkylation sites (tertiary alicyclic amines) is 1. The number of halogens is 3. The first-order valence-electron chi connectivity index (χ1n) is 11.5. The molecular formula is C22H25F3N8O. The van der Waals surface area contributed by atoms with E-state index in [9.17, 15) is 13.2 Å². The molecule has 1 aliphatic carbocycles. The van der Waals surface area contributed by atoms with Crippen LogP contribution >= 0.6 is 0 Å². The fourth-order valence-electron chi connectivity index (χ4n) is 5.77. The summed E-state index contributed by atoms with van der Waals surface area (Å²) in [6.07, 6.45) is 3.79. The number of aromatic nitrogens is 6. The topological polar surface area (TPSA) is 111 Å². The van der Waals surface area contributed by atoms with Gasteiger partial charge >= 0.3 is 6.36 Å². The minimum atomic E-state index is -4.85. The van der Waals surface area contributed by atoms with Crippen molar-refractivity contribution in [3.05, 3.63) is 36.2 Å². The molecule has 3 aromatic rings. The van der Waals surface area contributed by atoms with Crippen LogP contribution in [0.15, 0.2) is 24.7 Å². The first-order valence-corrected chi connectivity index (χ1v) is 11.5. The standard InChI is InChI=1S/C22H25F3N8O/c23-22(24,25)34-16-8-14(10-27-19(16)26)15-9-17-21(5-7-33(17)31-15)4-6-32(11-21)18(13-2-1-3-13)20-28-12-29-30-20/h8-10,12-13,18H,1-7,11H2,(H2,26,27)(H,28,29,30)/t18?,21-/m1/s1. The predicted octanol–water partition coefficient (Wildman–Crippen LogP) is 3.43. The second-order valence-corrected chi connectivity index (χ2v) is 9.55. The number of rotatable bonds is 5. The number of pyridine rings is 1. The lowest BCUT2D eigenvalue weighted by Gasteiger charge is -2.38. The molecule has 3 N–H and O–H groups in total. The fourth-order valence-corrected chi connectivity index (χ4v) is 5.77. The Balaban J connectivity index is 1.27. The highest BCUT2D eigenvalue weighted by Gasteiger charge is 2.49. The van der Waals surface area contributed by atoms with Crippen LogP contribution in [0.25, 0.3) is 11.3 Å². The summed E-state index contributed by atoms with van der Waals surface area (Å²) in [6.45, 7) is 2.62. The molecule has 34 heavy (non-hydrogen) atoms. The van der Waals surface area contributed by atoms with E-state index in [0.717, 1.165) is 44.0 Å². The zero-order chi connectivity index (χ0) is 23.5. The van der Waals surface area contributed by atoms with Crippen LogP contribution in [0.5, 0.6) is 5.75 Å². The molecule has 2 atom stereocenters. The lowest BCUT2D eigenvalue weighted by atomic mass is 9.78. The maximum atomic E-state index is 12.7. The molecule has 0 amide bonds. The van der Waals surface area contributed by atoms with Gasteiger partial charge in [-0.2, -0.15) is 10.2 Å². The Morgan fingerprint density at radius 1 is 1.18 bits per heavy atom. The fraction of sp³-hybridized carbons (Fsp3) is 0.545. The first kappa shape index (κ1) is 21.4. The molecule has 1 spiro atoms. The van der Waals surface area contributed by atoms with Crippen LogP contribution in [0.2, 0.25) is 0 Å². The lowest BCUT2D eigenvalue weighted by molar-refractivity contribution is -0.274. The maximum absolute atomic E-state index is 12.7. The number of nitrogens with two attached hydrogens (primary N) is 1.